The second-order valence-corrected chi connectivity index (χ2v) is 24.3. The Balaban J connectivity index is 1.17. The van der Waals surface area contributed by atoms with Gasteiger partial charge in [0.2, 0.25) is 0 Å². The Labute approximate surface area is 415 Å². The van der Waals surface area contributed by atoms with Crippen molar-refractivity contribution in [2.24, 2.45) is 45.3 Å². The fourth-order valence-electron chi connectivity index (χ4n) is 15.4. The number of hydrogen-bond donors (Lipinski definition) is 13. The molecule has 0 bridgehead atoms. The van der Waals surface area contributed by atoms with Crippen LogP contribution in [0.5, 0.6) is 0 Å². The lowest BCUT2D eigenvalue weighted by Gasteiger charge is -2.71. The molecule has 0 amide bonds. The van der Waals surface area contributed by atoms with Gasteiger partial charge in [0.05, 0.1) is 31.0 Å². The van der Waals surface area contributed by atoms with Gasteiger partial charge < -0.3 is 89.7 Å². The molecule has 4 aliphatic carbocycles. The Hall–Kier alpha value is -1.55. The monoisotopic (exact) mass is 1020 g/mol. The number of aliphatic hydroxyl groups is 12. The number of rotatable bonds is 14. The third kappa shape index (κ3) is 9.49. The van der Waals surface area contributed by atoms with Gasteiger partial charge in [0.1, 0.15) is 85.5 Å². The molecule has 3 heterocycles. The number of carbonyl (C=O) groups is 1. The Morgan fingerprint density at radius 1 is 0.718 bits per heavy atom. The van der Waals surface area contributed by atoms with Gasteiger partial charge in [-0.2, -0.15) is 0 Å². The van der Waals surface area contributed by atoms with E-state index >= 15 is 0 Å². The maximum atomic E-state index is 12.7. The third-order valence-electron chi connectivity index (χ3n) is 19.6. The lowest BCUT2D eigenvalue weighted by atomic mass is 9.35. The van der Waals surface area contributed by atoms with Gasteiger partial charge in [0.15, 0.2) is 18.2 Å². The van der Waals surface area contributed by atoms with E-state index < -0.39 is 157 Å². The molecular weight excluding hydrogens is 937 g/mol. The fourth-order valence-corrected chi connectivity index (χ4v) is 15.4. The van der Waals surface area contributed by atoms with Crippen molar-refractivity contribution in [2.45, 2.75) is 229 Å². The number of aliphatic hydroxyl groups excluding tert-OH is 11. The first-order valence-electron chi connectivity index (χ1n) is 25.4. The number of ether oxygens (including phenoxy) is 6. The topological polar surface area (TPSA) is 345 Å². The van der Waals surface area contributed by atoms with Gasteiger partial charge in [-0.15, -0.1) is 0 Å². The summed E-state index contributed by atoms with van der Waals surface area (Å²) in [7, 11) is 0. The predicted octanol–water partition coefficient (Wildman–Crippen LogP) is -0.599. The molecule has 410 valence electrons. The minimum Gasteiger partial charge on any atom is -0.463 e. The maximum Gasteiger partial charge on any atom is 0.302 e. The molecule has 7 rings (SSSR count). The number of esters is 1. The van der Waals surface area contributed by atoms with E-state index in [-0.39, 0.29) is 35.5 Å². The van der Waals surface area contributed by atoms with Crippen LogP contribution in [0, 0.1) is 45.3 Å². The van der Waals surface area contributed by atoms with Crippen LogP contribution in [0.4, 0.5) is 0 Å². The summed E-state index contributed by atoms with van der Waals surface area (Å²) in [5, 5.41) is 143. The molecule has 0 aromatic carbocycles. The molecule has 0 aromatic rings. The third-order valence-corrected chi connectivity index (χ3v) is 19.6. The van der Waals surface area contributed by atoms with Gasteiger partial charge in [-0.1, -0.05) is 46.8 Å². The van der Waals surface area contributed by atoms with Crippen LogP contribution < -0.4 is 0 Å². The maximum absolute atomic E-state index is 12.7. The van der Waals surface area contributed by atoms with E-state index in [0.29, 0.717) is 32.1 Å². The molecule has 0 radical (unpaired) electrons. The minimum atomic E-state index is -2.82. The molecule has 21 nitrogen and oxygen atoms in total. The normalized spacial score (nSPS) is 51.0. The average molecular weight is 1020 g/mol. The zero-order chi connectivity index (χ0) is 52.8. The molecule has 13 N–H and O–H groups in total. The van der Waals surface area contributed by atoms with E-state index in [1.807, 2.05) is 20.8 Å². The van der Waals surface area contributed by atoms with Crippen molar-refractivity contribution >= 4 is 5.97 Å². The molecule has 3 saturated heterocycles. The van der Waals surface area contributed by atoms with E-state index in [9.17, 15) is 71.3 Å². The van der Waals surface area contributed by atoms with Crippen LogP contribution in [0.15, 0.2) is 12.2 Å². The summed E-state index contributed by atoms with van der Waals surface area (Å²) in [5.74, 6) is -1.47. The van der Waals surface area contributed by atoms with Crippen LogP contribution in [0.2, 0.25) is 0 Å². The summed E-state index contributed by atoms with van der Waals surface area (Å²) in [5.41, 5.74) is -6.93. The first-order valence-corrected chi connectivity index (χ1v) is 25.4. The summed E-state index contributed by atoms with van der Waals surface area (Å²) in [6, 6.07) is 0. The highest BCUT2D eigenvalue weighted by molar-refractivity contribution is 5.65. The number of carbonyl (C=O) groups excluding carboxylic acids is 1. The number of fused-ring (bicyclic) bond motifs is 5. The highest BCUT2D eigenvalue weighted by atomic mass is 17.1. The second-order valence-electron chi connectivity index (χ2n) is 24.3. The van der Waals surface area contributed by atoms with Crippen LogP contribution in [0.1, 0.15) is 114 Å². The van der Waals surface area contributed by atoms with Gasteiger partial charge in [0.25, 0.3) is 0 Å². The molecule has 71 heavy (non-hydrogen) atoms. The Morgan fingerprint density at radius 3 is 1.94 bits per heavy atom. The van der Waals surface area contributed by atoms with Crippen LogP contribution >= 0.6 is 0 Å². The van der Waals surface area contributed by atoms with E-state index in [1.165, 1.54) is 0 Å². The molecule has 3 aliphatic heterocycles. The summed E-state index contributed by atoms with van der Waals surface area (Å²) < 4.78 is 36.4. The average Bonchev–Trinajstić information content (AvgIpc) is 3.70. The number of hydrogen-bond acceptors (Lipinski definition) is 21. The molecule has 4 saturated carbocycles. The van der Waals surface area contributed by atoms with Crippen molar-refractivity contribution in [3.8, 4) is 0 Å². The molecular formula is C50H84O21. The van der Waals surface area contributed by atoms with Crippen LogP contribution in [-0.4, -0.2) is 207 Å². The van der Waals surface area contributed by atoms with Crippen molar-refractivity contribution < 1.29 is 105 Å². The lowest BCUT2D eigenvalue weighted by Crippen LogP contribution is -2.77. The first kappa shape index (κ1) is 57.2. The summed E-state index contributed by atoms with van der Waals surface area (Å²) in [6.07, 6.45) is -17.9. The Bertz CT molecular complexity index is 1890. The smallest absolute Gasteiger partial charge is 0.302 e. The molecule has 0 spiro atoms. The Kier molecular flexibility index (Phi) is 16.5. The van der Waals surface area contributed by atoms with Crippen molar-refractivity contribution in [1.82, 2.24) is 0 Å². The van der Waals surface area contributed by atoms with Crippen molar-refractivity contribution in [3.63, 3.8) is 0 Å². The van der Waals surface area contributed by atoms with Crippen LogP contribution in [0.3, 0.4) is 0 Å². The molecule has 0 aromatic heterocycles. The fraction of sp³-hybridized carbons (Fsp3) is 0.940. The predicted molar refractivity (Wildman–Crippen MR) is 246 cm³/mol. The van der Waals surface area contributed by atoms with Gasteiger partial charge in [0, 0.05) is 6.92 Å². The van der Waals surface area contributed by atoms with Gasteiger partial charge in [-0.05, 0) is 117 Å². The molecule has 7 fully saturated rings. The van der Waals surface area contributed by atoms with Crippen LogP contribution in [0.25, 0.3) is 0 Å². The van der Waals surface area contributed by atoms with E-state index in [4.69, 9.17) is 28.4 Å². The molecule has 0 unspecified atom stereocenters. The van der Waals surface area contributed by atoms with Gasteiger partial charge in [-0.25, -0.2) is 4.89 Å². The van der Waals surface area contributed by atoms with Crippen molar-refractivity contribution in [1.29, 1.82) is 0 Å². The SMILES string of the molecule is CC(=O)OC[C@H]1O[C@@H]([C@]2(O)[C@H](O[C@H]3CC[C@]4(C)[C@H]5C[C@@H](O)[C@@H]6[C@@H]([C@](C)(C/C=C/C(C)(C)OO)O[C@@H]7O[C@H](CO)[C@@H](O)[C@H](O)[C@H]7O)CC[C@@]6(C)[C@]5(C)CC[C@H]4C3(C)C)O[C@H](CO)[C@@H](O)[C@@H]2O)[C@H](O)[C@@H](O)[C@@H]1O. The van der Waals surface area contributed by atoms with E-state index in [2.05, 4.69) is 25.7 Å². The standard InChI is InChI=1S/C50H84O21/c1-23(53)65-22-28-34(56)36(58)38(60)41(66-28)50(63)40(62)35(57)27(21-52)68-43(50)69-31-13-16-46(6)29(45(31,4)5)12-18-47(7)30(46)19-25(54)32-24(11-17-48(32,47)8)49(9,15-10-14-44(2,3)71-64)70-42-39(61)37(59)33(55)26(20-51)67-42/h10,14,24-43,51-52,54-64H,11-13,15-22H2,1-9H3/b14-10+/t24-,25+,26+,27+,28+,29-,30+,31-,32-,33+,34+,35+,36-,37-,38+,39+,40-,41+,42-,43-,46-,47+,48+,49-,50-/m0/s1. The van der Waals surface area contributed by atoms with Crippen LogP contribution in [-0.2, 0) is 38.1 Å². The molecule has 25 atom stereocenters. The van der Waals surface area contributed by atoms with Gasteiger partial charge >= 0.3 is 5.97 Å². The summed E-state index contributed by atoms with van der Waals surface area (Å²) in [4.78, 5) is 16.3. The van der Waals surface area contributed by atoms with Crippen molar-refractivity contribution in [3.05, 3.63) is 12.2 Å². The lowest BCUT2D eigenvalue weighted by molar-refractivity contribution is -0.399. The van der Waals surface area contributed by atoms with E-state index in [0.717, 1.165) is 19.8 Å². The molecule has 21 heteroatoms. The zero-order valence-electron chi connectivity index (χ0n) is 42.6. The van der Waals surface area contributed by atoms with Gasteiger partial charge in [-0.3, -0.25) is 10.1 Å². The minimum absolute atomic E-state index is 0.0181. The summed E-state index contributed by atoms with van der Waals surface area (Å²) >= 11 is 0. The highest BCUT2D eigenvalue weighted by Gasteiger charge is 2.73. The van der Waals surface area contributed by atoms with Crippen molar-refractivity contribution in [2.75, 3.05) is 19.8 Å². The highest BCUT2D eigenvalue weighted by Crippen LogP contribution is 2.76. The quantitative estimate of drug-likeness (QED) is 0.0340. The molecule has 7 aliphatic rings. The Morgan fingerprint density at radius 2 is 1.32 bits per heavy atom. The first-order chi connectivity index (χ1) is 32.9. The summed E-state index contributed by atoms with van der Waals surface area (Å²) in [6.45, 7) is 15.2. The largest absolute Gasteiger partial charge is 0.463 e. The van der Waals surface area contributed by atoms with E-state index in [1.54, 1.807) is 26.0 Å². The second kappa shape index (κ2) is 20.4. The zero-order valence-corrected chi connectivity index (χ0v) is 42.6.